The van der Waals surface area contributed by atoms with Gasteiger partial charge >= 0.3 is 18.2 Å². The average molecular weight is 270 g/mol. The van der Waals surface area contributed by atoms with Gasteiger partial charge in [0.2, 0.25) is 5.91 Å². The molecule has 0 aliphatic carbocycles. The molecule has 6 nitrogen and oxygen atoms in total. The van der Waals surface area contributed by atoms with Gasteiger partial charge in [-0.15, -0.1) is 0 Å². The lowest BCUT2D eigenvalue weighted by molar-refractivity contribution is -0.137. The predicted octanol–water partition coefficient (Wildman–Crippen LogP) is 1.02. The summed E-state index contributed by atoms with van der Waals surface area (Å²) < 4.78 is 35.1. The SMILES string of the molecule is O=C(O)CCCC(=O)NC(=O)NCCC(F)(F)F. The van der Waals surface area contributed by atoms with Gasteiger partial charge in [0.1, 0.15) is 0 Å². The Morgan fingerprint density at radius 2 is 1.72 bits per heavy atom. The Balaban J connectivity index is 3.68. The van der Waals surface area contributed by atoms with E-state index in [9.17, 15) is 27.6 Å². The van der Waals surface area contributed by atoms with Gasteiger partial charge in [0.05, 0.1) is 6.42 Å². The average Bonchev–Trinajstić information content (AvgIpc) is 2.14. The summed E-state index contributed by atoms with van der Waals surface area (Å²) in [4.78, 5) is 32.0. The summed E-state index contributed by atoms with van der Waals surface area (Å²) in [6.07, 6.45) is -5.91. The number of carboxylic acids is 1. The molecule has 0 heterocycles. The van der Waals surface area contributed by atoms with E-state index in [1.807, 2.05) is 5.32 Å². The summed E-state index contributed by atoms with van der Waals surface area (Å²) in [7, 11) is 0. The van der Waals surface area contributed by atoms with Crippen molar-refractivity contribution in [3.63, 3.8) is 0 Å². The highest BCUT2D eigenvalue weighted by atomic mass is 19.4. The molecule has 0 aromatic heterocycles. The van der Waals surface area contributed by atoms with Crippen molar-refractivity contribution in [2.45, 2.75) is 31.9 Å². The number of amides is 3. The number of alkyl halides is 3. The fourth-order valence-corrected chi connectivity index (χ4v) is 0.951. The Morgan fingerprint density at radius 1 is 1.11 bits per heavy atom. The van der Waals surface area contributed by atoms with E-state index in [1.165, 1.54) is 0 Å². The highest BCUT2D eigenvalue weighted by Gasteiger charge is 2.26. The number of aliphatic carboxylic acids is 1. The summed E-state index contributed by atoms with van der Waals surface area (Å²) in [6.45, 7) is -0.627. The maximum atomic E-state index is 11.7. The van der Waals surface area contributed by atoms with Crippen molar-refractivity contribution >= 4 is 17.9 Å². The van der Waals surface area contributed by atoms with Crippen molar-refractivity contribution in [1.29, 1.82) is 0 Å². The molecule has 0 spiro atoms. The molecule has 0 aliphatic rings. The first-order valence-electron chi connectivity index (χ1n) is 5.07. The van der Waals surface area contributed by atoms with E-state index in [-0.39, 0.29) is 19.3 Å². The minimum absolute atomic E-state index is 0.0526. The zero-order valence-electron chi connectivity index (χ0n) is 9.34. The quantitative estimate of drug-likeness (QED) is 0.671. The molecule has 0 aromatic rings. The summed E-state index contributed by atoms with van der Waals surface area (Å²) in [5.74, 6) is -1.81. The van der Waals surface area contributed by atoms with Crippen LogP contribution in [0.5, 0.6) is 0 Å². The Hall–Kier alpha value is -1.80. The van der Waals surface area contributed by atoms with Gasteiger partial charge < -0.3 is 10.4 Å². The Bertz CT molecular complexity index is 317. The monoisotopic (exact) mass is 270 g/mol. The maximum Gasteiger partial charge on any atom is 0.390 e. The molecule has 0 fully saturated rings. The number of urea groups is 1. The van der Waals surface area contributed by atoms with Crippen molar-refractivity contribution in [2.24, 2.45) is 0 Å². The van der Waals surface area contributed by atoms with Gasteiger partial charge in [-0.3, -0.25) is 14.9 Å². The van der Waals surface area contributed by atoms with Gasteiger partial charge in [-0.1, -0.05) is 0 Å². The molecule has 9 heteroatoms. The molecule has 0 unspecified atom stereocenters. The van der Waals surface area contributed by atoms with Crippen LogP contribution in [-0.4, -0.2) is 35.7 Å². The number of carboxylic acid groups (broad SMARTS) is 1. The van der Waals surface area contributed by atoms with E-state index < -0.39 is 37.0 Å². The van der Waals surface area contributed by atoms with Crippen molar-refractivity contribution < 1.29 is 32.7 Å². The van der Waals surface area contributed by atoms with Gasteiger partial charge in [0.25, 0.3) is 0 Å². The number of halogens is 3. The minimum atomic E-state index is -4.38. The van der Waals surface area contributed by atoms with Crippen LogP contribution < -0.4 is 10.6 Å². The zero-order valence-corrected chi connectivity index (χ0v) is 9.34. The largest absolute Gasteiger partial charge is 0.481 e. The first-order valence-corrected chi connectivity index (χ1v) is 5.07. The van der Waals surface area contributed by atoms with Gasteiger partial charge in [-0.2, -0.15) is 13.2 Å². The number of carbonyl (C=O) groups excluding carboxylic acids is 2. The van der Waals surface area contributed by atoms with Crippen molar-refractivity contribution in [3.05, 3.63) is 0 Å². The fraction of sp³-hybridized carbons (Fsp3) is 0.667. The van der Waals surface area contributed by atoms with E-state index in [4.69, 9.17) is 5.11 Å². The standard InChI is InChI=1S/C9H13F3N2O4/c10-9(11,12)4-5-13-8(18)14-6(15)2-1-3-7(16)17/h1-5H2,(H,16,17)(H2,13,14,15,18). The second-order valence-electron chi connectivity index (χ2n) is 3.42. The third kappa shape index (κ3) is 10.7. The third-order valence-corrected chi connectivity index (χ3v) is 1.74. The minimum Gasteiger partial charge on any atom is -0.481 e. The van der Waals surface area contributed by atoms with Crippen LogP contribution in [0.3, 0.4) is 0 Å². The van der Waals surface area contributed by atoms with E-state index >= 15 is 0 Å². The number of rotatable bonds is 6. The number of nitrogens with one attached hydrogen (secondary N) is 2. The Labute approximate surface area is 101 Å². The summed E-state index contributed by atoms with van der Waals surface area (Å²) in [6, 6.07) is -1.03. The van der Waals surface area contributed by atoms with Gasteiger partial charge in [0.15, 0.2) is 0 Å². The van der Waals surface area contributed by atoms with Gasteiger partial charge in [-0.05, 0) is 6.42 Å². The van der Waals surface area contributed by atoms with Crippen LogP contribution in [-0.2, 0) is 9.59 Å². The van der Waals surface area contributed by atoms with Gasteiger partial charge in [0, 0.05) is 19.4 Å². The van der Waals surface area contributed by atoms with Gasteiger partial charge in [-0.25, -0.2) is 4.79 Å². The normalized spacial score (nSPS) is 10.8. The van der Waals surface area contributed by atoms with Crippen molar-refractivity contribution in [2.75, 3.05) is 6.54 Å². The number of carbonyl (C=O) groups is 3. The van der Waals surface area contributed by atoms with E-state index in [2.05, 4.69) is 0 Å². The lowest BCUT2D eigenvalue weighted by atomic mass is 10.2. The second kappa shape index (κ2) is 7.51. The molecule has 0 atom stereocenters. The molecule has 3 amide bonds. The lowest BCUT2D eigenvalue weighted by Gasteiger charge is -2.08. The van der Waals surface area contributed by atoms with Crippen LogP contribution in [0.25, 0.3) is 0 Å². The number of imide groups is 1. The highest BCUT2D eigenvalue weighted by molar-refractivity contribution is 5.94. The van der Waals surface area contributed by atoms with Crippen LogP contribution >= 0.6 is 0 Å². The first-order chi connectivity index (χ1) is 8.20. The predicted molar refractivity (Wildman–Crippen MR) is 53.7 cm³/mol. The van der Waals surface area contributed by atoms with Crippen molar-refractivity contribution in [3.8, 4) is 0 Å². The summed E-state index contributed by atoms with van der Waals surface area (Å²) in [5.41, 5.74) is 0. The van der Waals surface area contributed by atoms with Crippen LogP contribution in [0.2, 0.25) is 0 Å². The molecule has 0 aliphatic heterocycles. The topological polar surface area (TPSA) is 95.5 Å². The summed E-state index contributed by atoms with van der Waals surface area (Å²) in [5, 5.41) is 11.9. The highest BCUT2D eigenvalue weighted by Crippen LogP contribution is 2.17. The molecule has 0 radical (unpaired) electrons. The third-order valence-electron chi connectivity index (χ3n) is 1.74. The molecule has 0 bridgehead atoms. The molecule has 0 rings (SSSR count). The van der Waals surface area contributed by atoms with Crippen LogP contribution in [0, 0.1) is 0 Å². The molecule has 0 saturated carbocycles. The molecule has 0 aromatic carbocycles. The molecular weight excluding hydrogens is 257 g/mol. The second-order valence-corrected chi connectivity index (χ2v) is 3.42. The molecule has 3 N–H and O–H groups in total. The molecule has 18 heavy (non-hydrogen) atoms. The molecular formula is C9H13F3N2O4. The van der Waals surface area contributed by atoms with Crippen LogP contribution in [0.15, 0.2) is 0 Å². The lowest BCUT2D eigenvalue weighted by Crippen LogP contribution is -2.40. The number of hydrogen-bond donors (Lipinski definition) is 3. The first kappa shape index (κ1) is 16.2. The zero-order chi connectivity index (χ0) is 14.2. The maximum absolute atomic E-state index is 11.7. The van der Waals surface area contributed by atoms with Crippen LogP contribution in [0.4, 0.5) is 18.0 Å². The Kier molecular flexibility index (Phi) is 6.76. The number of hydrogen-bond acceptors (Lipinski definition) is 3. The van der Waals surface area contributed by atoms with E-state index in [0.717, 1.165) is 0 Å². The van der Waals surface area contributed by atoms with E-state index in [0.29, 0.717) is 0 Å². The fourth-order valence-electron chi connectivity index (χ4n) is 0.951. The van der Waals surface area contributed by atoms with Crippen molar-refractivity contribution in [1.82, 2.24) is 10.6 Å². The molecule has 0 saturated heterocycles. The van der Waals surface area contributed by atoms with E-state index in [1.54, 1.807) is 5.32 Å². The summed E-state index contributed by atoms with van der Waals surface area (Å²) >= 11 is 0. The Morgan fingerprint density at radius 3 is 2.22 bits per heavy atom. The smallest absolute Gasteiger partial charge is 0.390 e. The molecule has 104 valence electrons. The van der Waals surface area contributed by atoms with Crippen LogP contribution in [0.1, 0.15) is 25.7 Å².